The molecule has 3 aromatic rings. The van der Waals surface area contributed by atoms with Crippen LogP contribution in [0.4, 0.5) is 5.69 Å². The Morgan fingerprint density at radius 1 is 1.06 bits per heavy atom. The minimum atomic E-state index is -0.963. The minimum absolute atomic E-state index is 0.277. The number of hydrogen-bond donors (Lipinski definition) is 2. The molecule has 7 nitrogen and oxygen atoms in total. The number of hydrogen-bond acceptors (Lipinski definition) is 5. The van der Waals surface area contributed by atoms with E-state index < -0.39 is 17.5 Å². The van der Waals surface area contributed by atoms with Crippen molar-refractivity contribution in [3.05, 3.63) is 82.0 Å². The number of nitrogens with one attached hydrogen (secondary N) is 2. The molecule has 0 bridgehead atoms. The third kappa shape index (κ3) is 6.73. The van der Waals surface area contributed by atoms with E-state index in [-0.39, 0.29) is 18.4 Å². The van der Waals surface area contributed by atoms with E-state index >= 15 is 0 Å². The fourth-order valence-corrected chi connectivity index (χ4v) is 4.23. The second-order valence-electron chi connectivity index (χ2n) is 9.17. The molecule has 0 aliphatic heterocycles. The maximum Gasteiger partial charge on any atom is 0.261 e. The lowest BCUT2D eigenvalue weighted by Crippen LogP contribution is -2.52. The Hall–Kier alpha value is -3.65. The summed E-state index contributed by atoms with van der Waals surface area (Å²) >= 11 is 1.29. The molecule has 0 fully saturated rings. The number of amides is 3. The number of benzene rings is 2. The zero-order valence-electron chi connectivity index (χ0n) is 21.3. The third-order valence-electron chi connectivity index (χ3n) is 5.99. The van der Waals surface area contributed by atoms with Crippen molar-refractivity contribution in [2.45, 2.75) is 45.7 Å². The zero-order valence-corrected chi connectivity index (χ0v) is 22.1. The molecule has 2 N–H and O–H groups in total. The van der Waals surface area contributed by atoms with Crippen molar-refractivity contribution < 1.29 is 19.1 Å². The topological polar surface area (TPSA) is 87.7 Å². The lowest BCUT2D eigenvalue weighted by Gasteiger charge is -2.35. The predicted octanol–water partition coefficient (Wildman–Crippen LogP) is 4.87. The van der Waals surface area contributed by atoms with Crippen LogP contribution in [-0.2, 0) is 9.59 Å². The van der Waals surface area contributed by atoms with E-state index in [1.807, 2.05) is 52.0 Å². The SMILES string of the molecule is CCC(C)(C)NC(=O)C(c1ccc(C)cc1)N(C(=O)CNC(=O)c1cccs1)c1cccc(OC)c1. The molecule has 1 heterocycles. The van der Waals surface area contributed by atoms with Crippen LogP contribution in [0.3, 0.4) is 0 Å². The molecule has 1 atom stereocenters. The molecule has 0 saturated heterocycles. The Kier molecular flexibility index (Phi) is 8.88. The van der Waals surface area contributed by atoms with Crippen LogP contribution in [0.5, 0.6) is 5.75 Å². The van der Waals surface area contributed by atoms with Gasteiger partial charge in [-0.1, -0.05) is 48.9 Å². The van der Waals surface area contributed by atoms with Gasteiger partial charge in [-0.25, -0.2) is 0 Å². The Balaban J connectivity index is 2.05. The van der Waals surface area contributed by atoms with Crippen LogP contribution in [-0.4, -0.2) is 36.9 Å². The highest BCUT2D eigenvalue weighted by Gasteiger charge is 2.35. The van der Waals surface area contributed by atoms with Gasteiger partial charge < -0.3 is 15.4 Å². The first kappa shape index (κ1) is 26.9. The average molecular weight is 508 g/mol. The van der Waals surface area contributed by atoms with E-state index in [9.17, 15) is 14.4 Å². The summed E-state index contributed by atoms with van der Waals surface area (Å²) in [5.74, 6) is -0.535. The number of carbonyl (C=O) groups is 3. The monoisotopic (exact) mass is 507 g/mol. The fraction of sp³-hybridized carbons (Fsp3) is 0.321. The van der Waals surface area contributed by atoms with Gasteiger partial charge in [0.2, 0.25) is 11.8 Å². The largest absolute Gasteiger partial charge is 0.497 e. The maximum atomic E-state index is 13.8. The summed E-state index contributed by atoms with van der Waals surface area (Å²) in [4.78, 5) is 42.0. The highest BCUT2D eigenvalue weighted by molar-refractivity contribution is 7.12. The van der Waals surface area contributed by atoms with Gasteiger partial charge in [0.1, 0.15) is 11.8 Å². The van der Waals surface area contributed by atoms with E-state index in [0.29, 0.717) is 28.3 Å². The molecule has 8 heteroatoms. The van der Waals surface area contributed by atoms with Crippen molar-refractivity contribution in [2.24, 2.45) is 0 Å². The van der Waals surface area contributed by atoms with Crippen molar-refractivity contribution in [1.82, 2.24) is 10.6 Å². The number of nitrogens with zero attached hydrogens (tertiary/aromatic N) is 1. The van der Waals surface area contributed by atoms with E-state index in [0.717, 1.165) is 5.56 Å². The standard InChI is InChI=1S/C28H33N3O4S/c1-6-28(3,4)30-27(34)25(20-14-12-19(2)13-15-20)31(21-9-7-10-22(17-21)35-5)24(32)18-29-26(33)23-11-8-16-36-23/h7-17,25H,6,18H2,1-5H3,(H,29,33)(H,30,34). The van der Waals surface area contributed by atoms with Gasteiger partial charge in [0.15, 0.2) is 0 Å². The average Bonchev–Trinajstić information content (AvgIpc) is 3.41. The summed E-state index contributed by atoms with van der Waals surface area (Å²) in [7, 11) is 1.54. The second-order valence-corrected chi connectivity index (χ2v) is 10.1. The number of rotatable bonds is 10. The van der Waals surface area contributed by atoms with Crippen LogP contribution in [0.2, 0.25) is 0 Å². The fourth-order valence-electron chi connectivity index (χ4n) is 3.59. The van der Waals surface area contributed by atoms with Gasteiger partial charge in [-0.2, -0.15) is 0 Å². The molecule has 1 unspecified atom stereocenters. The van der Waals surface area contributed by atoms with E-state index in [1.165, 1.54) is 16.2 Å². The number of anilines is 1. The van der Waals surface area contributed by atoms with Gasteiger partial charge in [0.25, 0.3) is 5.91 Å². The van der Waals surface area contributed by atoms with Gasteiger partial charge in [0.05, 0.1) is 18.5 Å². The molecule has 3 amide bonds. The Bertz CT molecular complexity index is 1190. The summed E-state index contributed by atoms with van der Waals surface area (Å²) in [6.45, 7) is 7.56. The van der Waals surface area contributed by atoms with Crippen molar-refractivity contribution in [2.75, 3.05) is 18.6 Å². The highest BCUT2D eigenvalue weighted by atomic mass is 32.1. The first-order valence-electron chi connectivity index (χ1n) is 11.8. The smallest absolute Gasteiger partial charge is 0.261 e. The van der Waals surface area contributed by atoms with E-state index in [1.54, 1.807) is 48.9 Å². The van der Waals surface area contributed by atoms with Crippen LogP contribution in [0.1, 0.15) is 54.0 Å². The molecular weight excluding hydrogens is 474 g/mol. The van der Waals surface area contributed by atoms with Crippen LogP contribution < -0.4 is 20.3 Å². The first-order chi connectivity index (χ1) is 17.1. The van der Waals surface area contributed by atoms with Crippen LogP contribution in [0, 0.1) is 6.92 Å². The Labute approximate surface area is 216 Å². The number of carbonyl (C=O) groups excluding carboxylic acids is 3. The summed E-state index contributed by atoms with van der Waals surface area (Å²) in [6, 6.07) is 17.0. The summed E-state index contributed by atoms with van der Waals surface area (Å²) in [5, 5.41) is 7.58. The Morgan fingerprint density at radius 3 is 2.39 bits per heavy atom. The van der Waals surface area contributed by atoms with E-state index in [2.05, 4.69) is 10.6 Å². The first-order valence-corrected chi connectivity index (χ1v) is 12.7. The minimum Gasteiger partial charge on any atom is -0.497 e. The summed E-state index contributed by atoms with van der Waals surface area (Å²) < 4.78 is 5.38. The highest BCUT2D eigenvalue weighted by Crippen LogP contribution is 2.31. The van der Waals surface area contributed by atoms with Gasteiger partial charge in [-0.05, 0) is 56.3 Å². The summed E-state index contributed by atoms with van der Waals surface area (Å²) in [5.41, 5.74) is 1.70. The quantitative estimate of drug-likeness (QED) is 0.410. The number of thiophene rings is 1. The second kappa shape index (κ2) is 11.9. The lowest BCUT2D eigenvalue weighted by atomic mass is 9.97. The van der Waals surface area contributed by atoms with Crippen molar-refractivity contribution in [3.8, 4) is 5.75 Å². The number of ether oxygens (including phenoxy) is 1. The van der Waals surface area contributed by atoms with Gasteiger partial charge >= 0.3 is 0 Å². The van der Waals surface area contributed by atoms with Crippen molar-refractivity contribution in [1.29, 1.82) is 0 Å². The molecular formula is C28H33N3O4S. The molecule has 0 aliphatic rings. The normalized spacial score (nSPS) is 11.9. The van der Waals surface area contributed by atoms with Crippen LogP contribution in [0.15, 0.2) is 66.0 Å². The summed E-state index contributed by atoms with van der Waals surface area (Å²) in [6.07, 6.45) is 0.712. The number of aryl methyl sites for hydroxylation is 1. The Morgan fingerprint density at radius 2 is 1.78 bits per heavy atom. The molecule has 0 spiro atoms. The van der Waals surface area contributed by atoms with Gasteiger partial charge in [-0.15, -0.1) is 11.3 Å². The molecule has 0 saturated carbocycles. The molecule has 36 heavy (non-hydrogen) atoms. The van der Waals surface area contributed by atoms with Gasteiger partial charge in [0, 0.05) is 17.3 Å². The molecule has 2 aromatic carbocycles. The maximum absolute atomic E-state index is 13.8. The predicted molar refractivity (Wildman–Crippen MR) is 144 cm³/mol. The van der Waals surface area contributed by atoms with Crippen LogP contribution in [0.25, 0.3) is 0 Å². The molecule has 1 aromatic heterocycles. The molecule has 190 valence electrons. The van der Waals surface area contributed by atoms with Crippen molar-refractivity contribution in [3.63, 3.8) is 0 Å². The number of methoxy groups -OCH3 is 1. The zero-order chi connectivity index (χ0) is 26.3. The van der Waals surface area contributed by atoms with Crippen molar-refractivity contribution >= 4 is 34.7 Å². The molecule has 3 rings (SSSR count). The van der Waals surface area contributed by atoms with Crippen LogP contribution >= 0.6 is 11.3 Å². The van der Waals surface area contributed by atoms with Gasteiger partial charge in [-0.3, -0.25) is 19.3 Å². The lowest BCUT2D eigenvalue weighted by molar-refractivity contribution is -0.127. The molecule has 0 aliphatic carbocycles. The molecule has 0 radical (unpaired) electrons. The third-order valence-corrected chi connectivity index (χ3v) is 6.86. The van der Waals surface area contributed by atoms with E-state index in [4.69, 9.17) is 4.74 Å².